The molecular formula is C14H19N3O. The number of nitrogens with zero attached hydrogens (tertiary/aromatic N) is 2. The molecular weight excluding hydrogens is 226 g/mol. The second kappa shape index (κ2) is 4.71. The molecule has 4 heteroatoms. The van der Waals surface area contributed by atoms with Crippen molar-refractivity contribution < 1.29 is 4.74 Å². The Kier molecular flexibility index (Phi) is 3.06. The normalized spacial score (nSPS) is 19.8. The van der Waals surface area contributed by atoms with Gasteiger partial charge in [0, 0.05) is 13.2 Å². The molecule has 1 aliphatic heterocycles. The summed E-state index contributed by atoms with van der Waals surface area (Å²) >= 11 is 0. The van der Waals surface area contributed by atoms with E-state index >= 15 is 0 Å². The largest absolute Gasteiger partial charge is 0.358 e. The summed E-state index contributed by atoms with van der Waals surface area (Å²) in [6.07, 6.45) is 5.23. The summed E-state index contributed by atoms with van der Waals surface area (Å²) < 4.78 is 7.89. The lowest BCUT2D eigenvalue weighted by Gasteiger charge is -2.13. The van der Waals surface area contributed by atoms with E-state index in [1.807, 2.05) is 6.33 Å². The number of nitrogens with two attached hydrogens (primary N) is 1. The van der Waals surface area contributed by atoms with Crippen LogP contribution in [0.3, 0.4) is 0 Å². The zero-order valence-electron chi connectivity index (χ0n) is 10.7. The summed E-state index contributed by atoms with van der Waals surface area (Å²) in [7, 11) is 0. The fourth-order valence-corrected chi connectivity index (χ4v) is 2.80. The zero-order chi connectivity index (χ0) is 12.5. The second-order valence-electron chi connectivity index (χ2n) is 4.75. The maximum atomic E-state index is 5.79. The molecule has 1 aliphatic rings. The predicted molar refractivity (Wildman–Crippen MR) is 71.2 cm³/mol. The van der Waals surface area contributed by atoms with Crippen molar-refractivity contribution in [3.05, 3.63) is 29.6 Å². The van der Waals surface area contributed by atoms with Gasteiger partial charge in [-0.05, 0) is 36.5 Å². The first-order chi connectivity index (χ1) is 8.85. The van der Waals surface area contributed by atoms with Crippen molar-refractivity contribution in [2.45, 2.75) is 39.0 Å². The number of rotatable bonds is 3. The number of aromatic nitrogens is 2. The fraction of sp³-hybridized carbons (Fsp3) is 0.500. The Labute approximate surface area is 107 Å². The monoisotopic (exact) mass is 245 g/mol. The quantitative estimate of drug-likeness (QED) is 0.903. The van der Waals surface area contributed by atoms with Crippen molar-refractivity contribution in [3.63, 3.8) is 0 Å². The van der Waals surface area contributed by atoms with Gasteiger partial charge in [-0.1, -0.05) is 13.0 Å². The lowest BCUT2D eigenvalue weighted by atomic mass is 10.0. The third-order valence-electron chi connectivity index (χ3n) is 3.74. The van der Waals surface area contributed by atoms with Crippen molar-refractivity contribution in [2.24, 2.45) is 5.73 Å². The van der Waals surface area contributed by atoms with E-state index in [0.717, 1.165) is 36.9 Å². The Balaban J connectivity index is 2.14. The van der Waals surface area contributed by atoms with Gasteiger partial charge in [0.2, 0.25) is 0 Å². The van der Waals surface area contributed by atoms with Crippen LogP contribution in [-0.4, -0.2) is 16.2 Å². The van der Waals surface area contributed by atoms with Gasteiger partial charge in [-0.3, -0.25) is 0 Å². The lowest BCUT2D eigenvalue weighted by Crippen LogP contribution is -2.06. The van der Waals surface area contributed by atoms with Crippen LogP contribution in [0, 0.1) is 0 Å². The van der Waals surface area contributed by atoms with Crippen LogP contribution in [0.5, 0.6) is 0 Å². The molecule has 4 nitrogen and oxygen atoms in total. The van der Waals surface area contributed by atoms with Gasteiger partial charge in [0.25, 0.3) is 0 Å². The summed E-state index contributed by atoms with van der Waals surface area (Å²) in [5.41, 5.74) is 10.5. The van der Waals surface area contributed by atoms with Crippen molar-refractivity contribution in [1.29, 1.82) is 0 Å². The van der Waals surface area contributed by atoms with Crippen LogP contribution in [0.2, 0.25) is 0 Å². The zero-order valence-corrected chi connectivity index (χ0v) is 10.7. The molecule has 2 heterocycles. The highest BCUT2D eigenvalue weighted by Gasteiger charge is 2.20. The Bertz CT molecular complexity index is 555. The highest BCUT2D eigenvalue weighted by molar-refractivity contribution is 5.80. The molecule has 1 aromatic heterocycles. The van der Waals surface area contributed by atoms with E-state index in [4.69, 9.17) is 10.5 Å². The second-order valence-corrected chi connectivity index (χ2v) is 4.75. The molecule has 1 atom stereocenters. The van der Waals surface area contributed by atoms with Gasteiger partial charge in [0.15, 0.2) is 0 Å². The molecule has 3 rings (SSSR count). The van der Waals surface area contributed by atoms with Crippen LogP contribution < -0.4 is 5.73 Å². The topological polar surface area (TPSA) is 53.1 Å². The van der Waals surface area contributed by atoms with Gasteiger partial charge in [0.05, 0.1) is 17.4 Å². The van der Waals surface area contributed by atoms with E-state index < -0.39 is 0 Å². The molecule has 0 radical (unpaired) electrons. The van der Waals surface area contributed by atoms with E-state index in [2.05, 4.69) is 28.6 Å². The molecule has 0 aliphatic carbocycles. The summed E-state index contributed by atoms with van der Waals surface area (Å²) in [4.78, 5) is 4.57. The van der Waals surface area contributed by atoms with Gasteiger partial charge in [0.1, 0.15) is 6.23 Å². The van der Waals surface area contributed by atoms with Gasteiger partial charge in [-0.2, -0.15) is 0 Å². The minimum atomic E-state index is 0.156. The maximum Gasteiger partial charge on any atom is 0.135 e. The number of hydrogen-bond donors (Lipinski definition) is 1. The fourth-order valence-electron chi connectivity index (χ4n) is 2.80. The molecule has 0 saturated carbocycles. The SMILES string of the molecule is CCc1c(CN)ccc2c1ncn2C1CCCO1. The first kappa shape index (κ1) is 11.7. The molecule has 2 N–H and O–H groups in total. The van der Waals surface area contributed by atoms with Gasteiger partial charge >= 0.3 is 0 Å². The summed E-state index contributed by atoms with van der Waals surface area (Å²) in [5, 5.41) is 0. The number of imidazole rings is 1. The molecule has 1 unspecified atom stereocenters. The first-order valence-corrected chi connectivity index (χ1v) is 6.64. The lowest BCUT2D eigenvalue weighted by molar-refractivity contribution is 0.0597. The smallest absolute Gasteiger partial charge is 0.135 e. The van der Waals surface area contributed by atoms with Gasteiger partial charge in [-0.15, -0.1) is 0 Å². The summed E-state index contributed by atoms with van der Waals surface area (Å²) in [6, 6.07) is 4.24. The maximum absolute atomic E-state index is 5.79. The van der Waals surface area contributed by atoms with Crippen molar-refractivity contribution in [3.8, 4) is 0 Å². The van der Waals surface area contributed by atoms with Crippen LogP contribution in [0.4, 0.5) is 0 Å². The number of benzene rings is 1. The first-order valence-electron chi connectivity index (χ1n) is 6.64. The van der Waals surface area contributed by atoms with E-state index in [-0.39, 0.29) is 6.23 Å². The number of hydrogen-bond acceptors (Lipinski definition) is 3. The minimum absolute atomic E-state index is 0.156. The van der Waals surface area contributed by atoms with Crippen molar-refractivity contribution >= 4 is 11.0 Å². The standard InChI is InChI=1S/C14H19N3O/c1-2-11-10(8-15)5-6-12-14(11)16-9-17(12)13-4-3-7-18-13/h5-6,9,13H,2-4,7-8,15H2,1H3. The number of ether oxygens (including phenoxy) is 1. The van der Waals surface area contributed by atoms with E-state index in [9.17, 15) is 0 Å². The molecule has 0 bridgehead atoms. The third-order valence-corrected chi connectivity index (χ3v) is 3.74. The van der Waals surface area contributed by atoms with Gasteiger partial charge in [-0.25, -0.2) is 4.98 Å². The Morgan fingerprint density at radius 2 is 2.39 bits per heavy atom. The summed E-state index contributed by atoms with van der Waals surface area (Å²) in [6.45, 7) is 3.58. The molecule has 0 spiro atoms. The Morgan fingerprint density at radius 1 is 1.50 bits per heavy atom. The van der Waals surface area contributed by atoms with Crippen LogP contribution in [0.15, 0.2) is 18.5 Å². The van der Waals surface area contributed by atoms with Crippen LogP contribution >= 0.6 is 0 Å². The van der Waals surface area contributed by atoms with E-state index in [1.54, 1.807) is 0 Å². The van der Waals surface area contributed by atoms with Crippen LogP contribution in [-0.2, 0) is 17.7 Å². The van der Waals surface area contributed by atoms with Crippen LogP contribution in [0.25, 0.3) is 11.0 Å². The molecule has 96 valence electrons. The van der Waals surface area contributed by atoms with Crippen LogP contribution in [0.1, 0.15) is 37.1 Å². The Morgan fingerprint density at radius 3 is 3.06 bits per heavy atom. The van der Waals surface area contributed by atoms with E-state index in [1.165, 1.54) is 11.1 Å². The highest BCUT2D eigenvalue weighted by Crippen LogP contribution is 2.29. The molecule has 1 saturated heterocycles. The molecule has 18 heavy (non-hydrogen) atoms. The van der Waals surface area contributed by atoms with Gasteiger partial charge < -0.3 is 15.0 Å². The Hall–Kier alpha value is -1.39. The average molecular weight is 245 g/mol. The predicted octanol–water partition coefficient (Wildman–Crippen LogP) is 2.37. The van der Waals surface area contributed by atoms with E-state index in [0.29, 0.717) is 6.54 Å². The van der Waals surface area contributed by atoms with Crippen molar-refractivity contribution in [2.75, 3.05) is 6.61 Å². The molecule has 1 aromatic carbocycles. The molecule has 0 amide bonds. The highest BCUT2D eigenvalue weighted by atomic mass is 16.5. The minimum Gasteiger partial charge on any atom is -0.358 e. The van der Waals surface area contributed by atoms with Crippen molar-refractivity contribution in [1.82, 2.24) is 9.55 Å². The third kappa shape index (κ3) is 1.72. The number of fused-ring (bicyclic) bond motifs is 1. The summed E-state index contributed by atoms with van der Waals surface area (Å²) in [5.74, 6) is 0. The molecule has 2 aromatic rings. The molecule has 1 fully saturated rings. The average Bonchev–Trinajstić information content (AvgIpc) is 3.05. The number of aryl methyl sites for hydroxylation is 1.